The van der Waals surface area contributed by atoms with Gasteiger partial charge in [-0.1, -0.05) is 70.0 Å². The van der Waals surface area contributed by atoms with Gasteiger partial charge in [0.25, 0.3) is 0 Å². The van der Waals surface area contributed by atoms with Gasteiger partial charge in [-0.25, -0.2) is 0 Å². The number of rotatable bonds is 3. The van der Waals surface area contributed by atoms with Crippen molar-refractivity contribution in [3.63, 3.8) is 0 Å². The first-order valence-corrected chi connectivity index (χ1v) is 15.3. The number of likely N-dealkylation sites (tertiary alicyclic amines) is 1. The average molecular weight is 650 g/mol. The van der Waals surface area contributed by atoms with Crippen LogP contribution < -0.4 is 5.73 Å². The van der Waals surface area contributed by atoms with E-state index in [2.05, 4.69) is 69.7 Å². The number of nitrogens with two attached hydrogens (primary N) is 1. The molecule has 0 radical (unpaired) electrons. The molecule has 3 aliphatic rings. The third-order valence-corrected chi connectivity index (χ3v) is 9.53. The van der Waals surface area contributed by atoms with E-state index in [-0.39, 0.29) is 22.9 Å². The minimum atomic E-state index is -0.397. The van der Waals surface area contributed by atoms with Gasteiger partial charge in [0, 0.05) is 46.2 Å². The van der Waals surface area contributed by atoms with Crippen LogP contribution in [0.3, 0.4) is 0 Å². The van der Waals surface area contributed by atoms with Crippen molar-refractivity contribution in [1.29, 1.82) is 0 Å². The van der Waals surface area contributed by atoms with E-state index in [1.807, 2.05) is 43.3 Å². The summed E-state index contributed by atoms with van der Waals surface area (Å²) in [7, 11) is 0. The molecule has 2 spiro atoms. The van der Waals surface area contributed by atoms with E-state index in [0.717, 1.165) is 60.8 Å². The Balaban J connectivity index is 0.000000283. The van der Waals surface area contributed by atoms with Gasteiger partial charge >= 0.3 is 0 Å². The second-order valence-corrected chi connectivity index (χ2v) is 14.1. The number of halogens is 2. The second kappa shape index (κ2) is 12.1. The summed E-state index contributed by atoms with van der Waals surface area (Å²) >= 11 is 6.84. The molecule has 2 N–H and O–H groups in total. The number of carbonyl (C=O) groups is 1. The van der Waals surface area contributed by atoms with Crippen molar-refractivity contribution < 1.29 is 14.3 Å². The van der Waals surface area contributed by atoms with Gasteiger partial charge in [-0.15, -0.1) is 0 Å². The molecule has 2 aliphatic heterocycles. The van der Waals surface area contributed by atoms with Crippen molar-refractivity contribution in [3.05, 3.63) is 68.6 Å². The van der Waals surface area contributed by atoms with Crippen molar-refractivity contribution in [1.82, 2.24) is 4.90 Å². The van der Waals surface area contributed by atoms with Crippen LogP contribution in [0.2, 0.25) is 0 Å². The number of carbonyl (C=O) groups excluding carboxylic acids is 1. The van der Waals surface area contributed by atoms with Crippen molar-refractivity contribution in [2.75, 3.05) is 19.8 Å². The highest BCUT2D eigenvalue weighted by Crippen LogP contribution is 2.51. The van der Waals surface area contributed by atoms with Crippen molar-refractivity contribution >= 4 is 37.8 Å². The van der Waals surface area contributed by atoms with E-state index >= 15 is 0 Å². The fourth-order valence-electron chi connectivity index (χ4n) is 5.70. The zero-order valence-corrected chi connectivity index (χ0v) is 26.3. The molecule has 2 aromatic rings. The molecule has 3 fully saturated rings. The van der Waals surface area contributed by atoms with Gasteiger partial charge in [0.05, 0.1) is 19.3 Å². The molecular weight excluding hydrogens is 608 g/mol. The Kier molecular flexibility index (Phi) is 9.46. The lowest BCUT2D eigenvalue weighted by Crippen LogP contribution is -2.53. The maximum Gasteiger partial charge on any atom is 0.223 e. The summed E-state index contributed by atoms with van der Waals surface area (Å²) < 4.78 is 14.5. The monoisotopic (exact) mass is 648 g/mol. The molecule has 208 valence electrons. The lowest BCUT2D eigenvalue weighted by molar-refractivity contribution is -0.317. The molecule has 7 heteroatoms. The zero-order chi connectivity index (χ0) is 27.6. The van der Waals surface area contributed by atoms with E-state index in [9.17, 15) is 4.79 Å². The van der Waals surface area contributed by atoms with Crippen LogP contribution in [-0.4, -0.2) is 36.4 Å². The zero-order valence-electron chi connectivity index (χ0n) is 23.1. The Morgan fingerprint density at radius 3 is 1.79 bits per heavy atom. The minimum Gasteiger partial charge on any atom is -0.349 e. The van der Waals surface area contributed by atoms with Crippen molar-refractivity contribution in [3.8, 4) is 0 Å². The maximum absolute atomic E-state index is 13.1. The second-order valence-electron chi connectivity index (χ2n) is 12.2. The predicted molar refractivity (Wildman–Crippen MR) is 160 cm³/mol. The summed E-state index contributed by atoms with van der Waals surface area (Å²) in [5.74, 6) is -0.102. The number of hydrogen-bond donors (Lipinski definition) is 1. The SMILES string of the molecule is C[C@@H](c1ccc(Br)cc1)N1CCC2(CCC3(CC2)OCC(C)(C)CO3)CC1=O.C[C@H](N)c1ccc(Br)cc1. The molecule has 1 amide bonds. The molecule has 1 aliphatic carbocycles. The lowest BCUT2D eigenvalue weighted by Gasteiger charge is -2.52. The van der Waals surface area contributed by atoms with Gasteiger partial charge in [0.2, 0.25) is 5.91 Å². The summed E-state index contributed by atoms with van der Waals surface area (Å²) in [6, 6.07) is 16.6. The van der Waals surface area contributed by atoms with Crippen LogP contribution in [0.15, 0.2) is 57.5 Å². The Morgan fingerprint density at radius 2 is 1.32 bits per heavy atom. The first-order chi connectivity index (χ1) is 17.9. The summed E-state index contributed by atoms with van der Waals surface area (Å²) in [5.41, 5.74) is 8.25. The van der Waals surface area contributed by atoms with E-state index in [0.29, 0.717) is 12.3 Å². The molecule has 1 saturated carbocycles. The Hall–Kier alpha value is -1.25. The molecule has 2 atom stereocenters. The normalized spacial score (nSPS) is 23.4. The largest absolute Gasteiger partial charge is 0.349 e. The molecule has 0 bridgehead atoms. The molecule has 5 rings (SSSR count). The molecule has 5 nitrogen and oxygen atoms in total. The van der Waals surface area contributed by atoms with E-state index in [1.165, 1.54) is 11.1 Å². The average Bonchev–Trinajstić information content (AvgIpc) is 2.89. The molecule has 0 aromatic heterocycles. The number of benzene rings is 2. The molecule has 0 unspecified atom stereocenters. The summed E-state index contributed by atoms with van der Waals surface area (Å²) in [6.07, 6.45) is 5.63. The Morgan fingerprint density at radius 1 is 0.816 bits per heavy atom. The highest BCUT2D eigenvalue weighted by Gasteiger charge is 2.50. The molecule has 2 saturated heterocycles. The van der Waals surface area contributed by atoms with Crippen LogP contribution in [0.5, 0.6) is 0 Å². The summed E-state index contributed by atoms with van der Waals surface area (Å²) in [5, 5.41) is 0. The number of amides is 1. The van der Waals surface area contributed by atoms with E-state index < -0.39 is 5.79 Å². The van der Waals surface area contributed by atoms with Crippen LogP contribution in [0.4, 0.5) is 0 Å². The van der Waals surface area contributed by atoms with Gasteiger partial charge in [-0.2, -0.15) is 0 Å². The third-order valence-electron chi connectivity index (χ3n) is 8.47. The van der Waals surface area contributed by atoms with Gasteiger partial charge in [0.1, 0.15) is 0 Å². The molecule has 2 aromatic carbocycles. The smallest absolute Gasteiger partial charge is 0.223 e. The minimum absolute atomic E-state index is 0.102. The quantitative estimate of drug-likeness (QED) is 0.367. The predicted octanol–water partition coefficient (Wildman–Crippen LogP) is 7.93. The summed E-state index contributed by atoms with van der Waals surface area (Å²) in [4.78, 5) is 15.1. The topological polar surface area (TPSA) is 64.8 Å². The molecule has 38 heavy (non-hydrogen) atoms. The van der Waals surface area contributed by atoms with Crippen LogP contribution in [0.1, 0.15) is 89.4 Å². The fourth-order valence-corrected chi connectivity index (χ4v) is 6.23. The van der Waals surface area contributed by atoms with Crippen molar-refractivity contribution in [2.45, 2.75) is 84.1 Å². The van der Waals surface area contributed by atoms with Gasteiger partial charge in [0.15, 0.2) is 5.79 Å². The first-order valence-electron chi connectivity index (χ1n) is 13.8. The highest BCUT2D eigenvalue weighted by molar-refractivity contribution is 9.10. The van der Waals surface area contributed by atoms with E-state index in [1.54, 1.807) is 0 Å². The first kappa shape index (κ1) is 29.7. The lowest BCUT2D eigenvalue weighted by atomic mass is 9.66. The molecule has 2 heterocycles. The van der Waals surface area contributed by atoms with Crippen LogP contribution in [0, 0.1) is 10.8 Å². The third kappa shape index (κ3) is 7.28. The van der Waals surface area contributed by atoms with Crippen LogP contribution in [0.25, 0.3) is 0 Å². The van der Waals surface area contributed by atoms with Crippen LogP contribution in [-0.2, 0) is 14.3 Å². The van der Waals surface area contributed by atoms with Gasteiger partial charge in [-0.3, -0.25) is 4.79 Å². The highest BCUT2D eigenvalue weighted by atomic mass is 79.9. The maximum atomic E-state index is 13.1. The van der Waals surface area contributed by atoms with Gasteiger partial charge in [-0.05, 0) is 73.9 Å². The number of ether oxygens (including phenoxy) is 2. The standard InChI is InChI=1S/C23H32BrNO3.C8H10BrN/c1-17(18-4-6-19(24)7-5-18)25-13-12-22(14-20(25)26)8-10-23(11-9-22)27-15-21(2,3)16-28-23;1-6(10)7-2-4-8(9)5-3-7/h4-7,17H,8-16H2,1-3H3;2-6H,10H2,1H3/t17-;6-/m00/s1. The molecular formula is C31H42Br2N2O3. The van der Waals surface area contributed by atoms with Gasteiger partial charge < -0.3 is 20.1 Å². The summed E-state index contributed by atoms with van der Waals surface area (Å²) in [6.45, 7) is 10.9. The Labute approximate surface area is 245 Å². The fraction of sp³-hybridized carbons (Fsp3) is 0.581. The number of nitrogens with zero attached hydrogens (tertiary/aromatic N) is 1. The number of piperidine rings is 1. The van der Waals surface area contributed by atoms with Crippen LogP contribution >= 0.6 is 31.9 Å². The van der Waals surface area contributed by atoms with E-state index in [4.69, 9.17) is 15.2 Å². The number of hydrogen-bond acceptors (Lipinski definition) is 4. The van der Waals surface area contributed by atoms with Crippen molar-refractivity contribution in [2.24, 2.45) is 16.6 Å². The Bertz CT molecular complexity index is 1070.